The topological polar surface area (TPSA) is 68.5 Å². The molecule has 2 aromatic carbocycles. The van der Waals surface area contributed by atoms with Crippen LogP contribution in [0.25, 0.3) is 0 Å². The monoisotopic (exact) mass is 405 g/mol. The molecule has 2 N–H and O–H groups in total. The number of likely N-dealkylation sites (tertiary alicyclic amines) is 1. The Morgan fingerprint density at radius 2 is 1.87 bits per heavy atom. The molecule has 1 saturated heterocycles. The number of aromatic nitrogens is 1. The third-order valence-corrected chi connectivity index (χ3v) is 5.42. The zero-order chi connectivity index (χ0) is 20.9. The van der Waals surface area contributed by atoms with Crippen molar-refractivity contribution in [3.63, 3.8) is 0 Å². The molecule has 3 aromatic rings. The van der Waals surface area contributed by atoms with Crippen molar-refractivity contribution in [1.29, 1.82) is 0 Å². The number of carbonyl (C=O) groups is 1. The Kier molecular flexibility index (Phi) is 6.05. The highest BCUT2D eigenvalue weighted by Crippen LogP contribution is 2.28. The molecule has 0 spiro atoms. The number of carbonyl (C=O) groups excluding carboxylic acids is 1. The summed E-state index contributed by atoms with van der Waals surface area (Å²) >= 11 is 0. The van der Waals surface area contributed by atoms with Crippen LogP contribution in [0.4, 0.5) is 4.39 Å². The third kappa shape index (κ3) is 5.02. The minimum atomic E-state index is -0.516. The molecule has 6 heteroatoms. The SMILES string of the molecule is NC(=O)c1ccc(Oc2ccc(CN3CCCC(c4ccc(F)cc4)C3)cc2)nc1. The average molecular weight is 405 g/mol. The Hall–Kier alpha value is -3.25. The first kappa shape index (κ1) is 20.0. The molecule has 0 bridgehead atoms. The minimum Gasteiger partial charge on any atom is -0.439 e. The maximum absolute atomic E-state index is 13.2. The van der Waals surface area contributed by atoms with Gasteiger partial charge in [-0.1, -0.05) is 24.3 Å². The number of benzene rings is 2. The number of piperidine rings is 1. The number of hydrogen-bond acceptors (Lipinski definition) is 4. The van der Waals surface area contributed by atoms with Gasteiger partial charge in [0.2, 0.25) is 11.8 Å². The Labute approximate surface area is 175 Å². The normalized spacial score (nSPS) is 16.9. The quantitative estimate of drug-likeness (QED) is 0.656. The van der Waals surface area contributed by atoms with E-state index in [4.69, 9.17) is 10.5 Å². The van der Waals surface area contributed by atoms with Gasteiger partial charge in [0.1, 0.15) is 11.6 Å². The van der Waals surface area contributed by atoms with Crippen LogP contribution in [0.3, 0.4) is 0 Å². The highest BCUT2D eigenvalue weighted by atomic mass is 19.1. The molecule has 0 saturated carbocycles. The van der Waals surface area contributed by atoms with Gasteiger partial charge in [0.05, 0.1) is 5.56 Å². The Balaban J connectivity index is 1.34. The first-order chi connectivity index (χ1) is 14.6. The van der Waals surface area contributed by atoms with Crippen LogP contribution < -0.4 is 10.5 Å². The van der Waals surface area contributed by atoms with Gasteiger partial charge in [0.15, 0.2) is 0 Å². The summed E-state index contributed by atoms with van der Waals surface area (Å²) in [5.41, 5.74) is 7.98. The van der Waals surface area contributed by atoms with E-state index in [1.807, 2.05) is 24.3 Å². The van der Waals surface area contributed by atoms with Crippen LogP contribution in [0.5, 0.6) is 11.6 Å². The van der Waals surface area contributed by atoms with E-state index >= 15 is 0 Å². The molecule has 30 heavy (non-hydrogen) atoms. The Bertz CT molecular complexity index is 988. The molecular weight excluding hydrogens is 381 g/mol. The number of ether oxygens (including phenoxy) is 1. The summed E-state index contributed by atoms with van der Waals surface area (Å²) in [5, 5.41) is 0. The van der Waals surface area contributed by atoms with Gasteiger partial charge < -0.3 is 10.5 Å². The van der Waals surface area contributed by atoms with Crippen LogP contribution in [-0.4, -0.2) is 28.9 Å². The van der Waals surface area contributed by atoms with Gasteiger partial charge in [0.25, 0.3) is 0 Å². The molecule has 1 unspecified atom stereocenters. The lowest BCUT2D eigenvalue weighted by Gasteiger charge is -2.33. The van der Waals surface area contributed by atoms with E-state index in [9.17, 15) is 9.18 Å². The van der Waals surface area contributed by atoms with E-state index in [-0.39, 0.29) is 5.82 Å². The number of pyridine rings is 1. The lowest BCUT2D eigenvalue weighted by atomic mass is 9.90. The number of amides is 1. The summed E-state index contributed by atoms with van der Waals surface area (Å²) in [4.78, 5) is 17.6. The zero-order valence-electron chi connectivity index (χ0n) is 16.6. The number of rotatable bonds is 6. The number of hydrogen-bond donors (Lipinski definition) is 1. The number of nitrogens with two attached hydrogens (primary N) is 1. The van der Waals surface area contributed by atoms with Crippen molar-refractivity contribution in [3.05, 3.63) is 89.4 Å². The highest BCUT2D eigenvalue weighted by Gasteiger charge is 2.21. The van der Waals surface area contributed by atoms with Gasteiger partial charge in [-0.3, -0.25) is 9.69 Å². The molecule has 1 amide bonds. The van der Waals surface area contributed by atoms with Gasteiger partial charge in [-0.2, -0.15) is 0 Å². The van der Waals surface area contributed by atoms with Crippen LogP contribution >= 0.6 is 0 Å². The van der Waals surface area contributed by atoms with E-state index in [0.29, 0.717) is 23.1 Å². The van der Waals surface area contributed by atoms with Gasteiger partial charge in [0, 0.05) is 25.4 Å². The van der Waals surface area contributed by atoms with Crippen LogP contribution in [-0.2, 0) is 6.54 Å². The second-order valence-corrected chi connectivity index (χ2v) is 7.62. The van der Waals surface area contributed by atoms with Crippen LogP contribution in [0.2, 0.25) is 0 Å². The van der Waals surface area contributed by atoms with Gasteiger partial charge in [-0.15, -0.1) is 0 Å². The Morgan fingerprint density at radius 3 is 2.53 bits per heavy atom. The number of primary amides is 1. The van der Waals surface area contributed by atoms with Crippen molar-refractivity contribution >= 4 is 5.91 Å². The van der Waals surface area contributed by atoms with E-state index < -0.39 is 5.91 Å². The fourth-order valence-electron chi connectivity index (χ4n) is 3.83. The van der Waals surface area contributed by atoms with Crippen molar-refractivity contribution < 1.29 is 13.9 Å². The van der Waals surface area contributed by atoms with E-state index in [2.05, 4.69) is 22.0 Å². The van der Waals surface area contributed by atoms with Gasteiger partial charge in [-0.25, -0.2) is 9.37 Å². The molecule has 1 aliphatic heterocycles. The van der Waals surface area contributed by atoms with Crippen LogP contribution in [0.1, 0.15) is 40.2 Å². The molecule has 1 fully saturated rings. The standard InChI is InChI=1S/C24H24FN3O2/c25-21-8-5-18(6-9-21)20-2-1-13-28(16-20)15-17-3-10-22(11-4-17)30-23-12-7-19(14-27-23)24(26)29/h3-12,14,20H,1-2,13,15-16H2,(H2,26,29). The molecular formula is C24H24FN3O2. The van der Waals surface area contributed by atoms with Crippen molar-refractivity contribution in [2.45, 2.75) is 25.3 Å². The van der Waals surface area contributed by atoms with Crippen LogP contribution in [0.15, 0.2) is 66.9 Å². The lowest BCUT2D eigenvalue weighted by molar-refractivity contribution is 0.1000. The highest BCUT2D eigenvalue weighted by molar-refractivity contribution is 5.92. The number of halogens is 1. The first-order valence-corrected chi connectivity index (χ1v) is 10.1. The number of nitrogens with zero attached hydrogens (tertiary/aromatic N) is 2. The summed E-state index contributed by atoms with van der Waals surface area (Å²) in [6.07, 6.45) is 3.67. The summed E-state index contributed by atoms with van der Waals surface area (Å²) < 4.78 is 18.9. The predicted molar refractivity (Wildman–Crippen MR) is 113 cm³/mol. The lowest BCUT2D eigenvalue weighted by Crippen LogP contribution is -2.33. The fourth-order valence-corrected chi connectivity index (χ4v) is 3.83. The molecule has 4 rings (SSSR count). The smallest absolute Gasteiger partial charge is 0.250 e. The molecule has 1 aromatic heterocycles. The van der Waals surface area contributed by atoms with Gasteiger partial charge >= 0.3 is 0 Å². The molecule has 0 radical (unpaired) electrons. The second kappa shape index (κ2) is 9.05. The van der Waals surface area contributed by atoms with Crippen molar-refractivity contribution in [2.24, 2.45) is 5.73 Å². The average Bonchev–Trinajstić information content (AvgIpc) is 2.76. The molecule has 2 heterocycles. The van der Waals surface area contributed by atoms with E-state index in [0.717, 1.165) is 32.5 Å². The molecule has 1 atom stereocenters. The summed E-state index contributed by atoms with van der Waals surface area (Å²) in [6, 6.07) is 18.0. The fraction of sp³-hybridized carbons (Fsp3) is 0.250. The molecule has 154 valence electrons. The van der Waals surface area contributed by atoms with Gasteiger partial charge in [-0.05, 0) is 66.8 Å². The first-order valence-electron chi connectivity index (χ1n) is 10.1. The minimum absolute atomic E-state index is 0.187. The summed E-state index contributed by atoms with van der Waals surface area (Å²) in [7, 11) is 0. The maximum Gasteiger partial charge on any atom is 0.250 e. The van der Waals surface area contributed by atoms with Crippen molar-refractivity contribution in [1.82, 2.24) is 9.88 Å². The third-order valence-electron chi connectivity index (χ3n) is 5.42. The van der Waals surface area contributed by atoms with E-state index in [1.165, 1.54) is 17.3 Å². The molecule has 5 nitrogen and oxygen atoms in total. The summed E-state index contributed by atoms with van der Waals surface area (Å²) in [6.45, 7) is 2.90. The van der Waals surface area contributed by atoms with Crippen molar-refractivity contribution in [2.75, 3.05) is 13.1 Å². The predicted octanol–water partition coefficient (Wildman–Crippen LogP) is 4.49. The van der Waals surface area contributed by atoms with Crippen molar-refractivity contribution in [3.8, 4) is 11.6 Å². The maximum atomic E-state index is 13.2. The molecule has 0 aliphatic carbocycles. The van der Waals surface area contributed by atoms with Crippen LogP contribution in [0, 0.1) is 5.82 Å². The zero-order valence-corrected chi connectivity index (χ0v) is 16.6. The Morgan fingerprint density at radius 1 is 1.10 bits per heavy atom. The van der Waals surface area contributed by atoms with E-state index in [1.54, 1.807) is 24.3 Å². The summed E-state index contributed by atoms with van der Waals surface area (Å²) in [5.74, 6) is 0.828. The molecule has 1 aliphatic rings. The largest absolute Gasteiger partial charge is 0.439 e. The second-order valence-electron chi connectivity index (χ2n) is 7.62.